The number of nitrogens with one attached hydrogen (secondary N) is 2. The summed E-state index contributed by atoms with van der Waals surface area (Å²) in [6.07, 6.45) is 3.29. The lowest BCUT2D eigenvalue weighted by Crippen LogP contribution is -2.27. The predicted octanol–water partition coefficient (Wildman–Crippen LogP) is 3.54. The predicted molar refractivity (Wildman–Crippen MR) is 110 cm³/mol. The maximum absolute atomic E-state index is 12.2. The van der Waals surface area contributed by atoms with Crippen LogP contribution in [0.2, 0.25) is 0 Å². The Morgan fingerprint density at radius 1 is 0.964 bits per heavy atom. The highest BCUT2D eigenvalue weighted by atomic mass is 32.2. The lowest BCUT2D eigenvalue weighted by molar-refractivity contribution is -0.116. The standard InChI is InChI=1S/C21H26N2O4S/c1-3-4-5-17-6-10-19(11-7-17)23-21(25)14-15-22-28(26,27)20-12-8-18(9-13-20)16(2)24/h6-13,22H,3-5,14-15H2,1-2H3,(H,23,25). The van der Waals surface area contributed by atoms with Crippen LogP contribution in [0.3, 0.4) is 0 Å². The van der Waals surface area contributed by atoms with Crippen LogP contribution in [-0.4, -0.2) is 26.7 Å². The molecule has 28 heavy (non-hydrogen) atoms. The minimum atomic E-state index is -3.73. The zero-order valence-corrected chi connectivity index (χ0v) is 17.0. The fourth-order valence-electron chi connectivity index (χ4n) is 2.61. The number of amides is 1. The van der Waals surface area contributed by atoms with Crippen molar-refractivity contribution in [2.45, 2.75) is 44.4 Å². The van der Waals surface area contributed by atoms with Crippen molar-refractivity contribution in [1.29, 1.82) is 0 Å². The molecule has 0 unspecified atom stereocenters. The average molecular weight is 403 g/mol. The van der Waals surface area contributed by atoms with Gasteiger partial charge in [-0.2, -0.15) is 0 Å². The van der Waals surface area contributed by atoms with Gasteiger partial charge in [-0.3, -0.25) is 9.59 Å². The second-order valence-corrected chi connectivity index (χ2v) is 8.34. The van der Waals surface area contributed by atoms with Crippen molar-refractivity contribution in [3.63, 3.8) is 0 Å². The summed E-state index contributed by atoms with van der Waals surface area (Å²) in [7, 11) is -3.73. The van der Waals surface area contributed by atoms with Crippen molar-refractivity contribution in [3.8, 4) is 0 Å². The maximum atomic E-state index is 12.2. The lowest BCUT2D eigenvalue weighted by Gasteiger charge is -2.09. The first-order valence-electron chi connectivity index (χ1n) is 9.31. The topological polar surface area (TPSA) is 92.3 Å². The Morgan fingerprint density at radius 2 is 1.61 bits per heavy atom. The molecule has 0 aliphatic carbocycles. The molecular weight excluding hydrogens is 376 g/mol. The molecule has 0 heterocycles. The number of unbranched alkanes of at least 4 members (excludes halogenated alkanes) is 1. The van der Waals surface area contributed by atoms with E-state index in [1.807, 2.05) is 24.3 Å². The van der Waals surface area contributed by atoms with Gasteiger partial charge in [-0.15, -0.1) is 0 Å². The third-order valence-electron chi connectivity index (χ3n) is 4.27. The van der Waals surface area contributed by atoms with Crippen molar-refractivity contribution < 1.29 is 18.0 Å². The summed E-state index contributed by atoms with van der Waals surface area (Å²) in [4.78, 5) is 23.3. The Kier molecular flexibility index (Phi) is 7.90. The number of anilines is 1. The van der Waals surface area contributed by atoms with E-state index in [0.717, 1.165) is 19.3 Å². The van der Waals surface area contributed by atoms with Crippen molar-refractivity contribution in [3.05, 3.63) is 59.7 Å². The fourth-order valence-corrected chi connectivity index (χ4v) is 3.64. The molecule has 1 amide bonds. The molecular formula is C21H26N2O4S. The molecule has 0 atom stereocenters. The number of hydrogen-bond donors (Lipinski definition) is 2. The highest BCUT2D eigenvalue weighted by Gasteiger charge is 2.14. The van der Waals surface area contributed by atoms with Crippen LogP contribution in [0.25, 0.3) is 0 Å². The second-order valence-electron chi connectivity index (χ2n) is 6.58. The molecule has 2 aromatic rings. The Bertz CT molecular complexity index is 904. The molecule has 2 aromatic carbocycles. The molecule has 0 aliphatic heterocycles. The fraction of sp³-hybridized carbons (Fsp3) is 0.333. The molecule has 0 saturated carbocycles. The van der Waals surface area contributed by atoms with E-state index in [0.29, 0.717) is 11.3 Å². The van der Waals surface area contributed by atoms with Gasteiger partial charge in [0.1, 0.15) is 0 Å². The first-order chi connectivity index (χ1) is 13.3. The number of hydrogen-bond acceptors (Lipinski definition) is 4. The number of ketones is 1. The van der Waals surface area contributed by atoms with Crippen LogP contribution >= 0.6 is 0 Å². The molecule has 0 radical (unpaired) electrons. The van der Waals surface area contributed by atoms with E-state index in [2.05, 4.69) is 17.0 Å². The molecule has 0 spiro atoms. The average Bonchev–Trinajstić information content (AvgIpc) is 2.67. The van der Waals surface area contributed by atoms with Crippen LogP contribution in [0.15, 0.2) is 53.4 Å². The van der Waals surface area contributed by atoms with Crippen molar-refractivity contribution in [2.75, 3.05) is 11.9 Å². The summed E-state index contributed by atoms with van der Waals surface area (Å²) in [5.74, 6) is -0.400. The molecule has 150 valence electrons. The molecule has 0 bridgehead atoms. The van der Waals surface area contributed by atoms with Crippen LogP contribution in [0.4, 0.5) is 5.69 Å². The summed E-state index contributed by atoms with van der Waals surface area (Å²) in [6.45, 7) is 3.54. The van der Waals surface area contributed by atoms with Crippen molar-refractivity contribution in [2.24, 2.45) is 0 Å². The summed E-state index contributed by atoms with van der Waals surface area (Å²) >= 11 is 0. The molecule has 0 aliphatic rings. The van der Waals surface area contributed by atoms with Crippen LogP contribution in [0.1, 0.15) is 49.0 Å². The summed E-state index contributed by atoms with van der Waals surface area (Å²) in [5, 5.41) is 2.76. The first-order valence-corrected chi connectivity index (χ1v) is 10.8. The highest BCUT2D eigenvalue weighted by Crippen LogP contribution is 2.13. The van der Waals surface area contributed by atoms with E-state index in [1.54, 1.807) is 0 Å². The van der Waals surface area contributed by atoms with Crippen LogP contribution in [0, 0.1) is 0 Å². The molecule has 0 fully saturated rings. The van der Waals surface area contributed by atoms with Gasteiger partial charge in [0, 0.05) is 24.2 Å². The van der Waals surface area contributed by atoms with Gasteiger partial charge in [0.15, 0.2) is 5.78 Å². The summed E-state index contributed by atoms with van der Waals surface area (Å²) in [5.41, 5.74) is 2.36. The number of rotatable bonds is 10. The van der Waals surface area contributed by atoms with E-state index in [1.165, 1.54) is 36.8 Å². The summed E-state index contributed by atoms with van der Waals surface area (Å²) in [6, 6.07) is 13.4. The zero-order valence-electron chi connectivity index (χ0n) is 16.2. The second kappa shape index (κ2) is 10.1. The molecule has 2 rings (SSSR count). The van der Waals surface area contributed by atoms with Gasteiger partial charge in [0.2, 0.25) is 15.9 Å². The number of sulfonamides is 1. The Morgan fingerprint density at radius 3 is 2.18 bits per heavy atom. The van der Waals surface area contributed by atoms with Gasteiger partial charge in [0.25, 0.3) is 0 Å². The van der Waals surface area contributed by atoms with Crippen molar-refractivity contribution in [1.82, 2.24) is 4.72 Å². The van der Waals surface area contributed by atoms with Gasteiger partial charge in [-0.05, 0) is 49.6 Å². The smallest absolute Gasteiger partial charge is 0.240 e. The van der Waals surface area contributed by atoms with Crippen molar-refractivity contribution >= 4 is 27.4 Å². The minimum absolute atomic E-state index is 0.0162. The third-order valence-corrected chi connectivity index (χ3v) is 5.75. The number of carbonyl (C=O) groups excluding carboxylic acids is 2. The van der Waals surface area contributed by atoms with E-state index >= 15 is 0 Å². The van der Waals surface area contributed by atoms with Gasteiger partial charge in [-0.1, -0.05) is 37.6 Å². The van der Waals surface area contributed by atoms with E-state index in [9.17, 15) is 18.0 Å². The first kappa shape index (κ1) is 21.8. The lowest BCUT2D eigenvalue weighted by atomic mass is 10.1. The minimum Gasteiger partial charge on any atom is -0.326 e. The molecule has 0 aromatic heterocycles. The van der Waals surface area contributed by atoms with Gasteiger partial charge in [-0.25, -0.2) is 13.1 Å². The molecule has 7 heteroatoms. The van der Waals surface area contributed by atoms with E-state index in [4.69, 9.17) is 0 Å². The Balaban J connectivity index is 1.83. The highest BCUT2D eigenvalue weighted by molar-refractivity contribution is 7.89. The summed E-state index contributed by atoms with van der Waals surface area (Å²) < 4.78 is 26.9. The monoisotopic (exact) mass is 402 g/mol. The quantitative estimate of drug-likeness (QED) is 0.595. The number of carbonyl (C=O) groups is 2. The third kappa shape index (κ3) is 6.58. The zero-order chi connectivity index (χ0) is 20.6. The SMILES string of the molecule is CCCCc1ccc(NC(=O)CCNS(=O)(=O)c2ccc(C(C)=O)cc2)cc1. The normalized spacial score (nSPS) is 11.2. The number of benzene rings is 2. The van der Waals surface area contributed by atoms with E-state index in [-0.39, 0.29) is 29.6 Å². The number of Topliss-reactive ketones (excluding diaryl/α,β-unsaturated/α-hetero) is 1. The van der Waals surface area contributed by atoms with Gasteiger partial charge >= 0.3 is 0 Å². The Hall–Kier alpha value is -2.51. The van der Waals surface area contributed by atoms with Gasteiger partial charge < -0.3 is 5.32 Å². The van der Waals surface area contributed by atoms with E-state index < -0.39 is 10.0 Å². The molecule has 6 nitrogen and oxygen atoms in total. The van der Waals surface area contributed by atoms with Gasteiger partial charge in [0.05, 0.1) is 4.90 Å². The van der Waals surface area contributed by atoms with Crippen LogP contribution < -0.4 is 10.0 Å². The number of aryl methyl sites for hydroxylation is 1. The largest absolute Gasteiger partial charge is 0.326 e. The van der Waals surface area contributed by atoms with Crippen LogP contribution in [0.5, 0.6) is 0 Å². The Labute approximate surface area is 166 Å². The maximum Gasteiger partial charge on any atom is 0.240 e. The van der Waals surface area contributed by atoms with Crippen LogP contribution in [-0.2, 0) is 21.2 Å². The molecule has 2 N–H and O–H groups in total. The molecule has 0 saturated heterocycles.